The second-order valence-electron chi connectivity index (χ2n) is 5.91. The van der Waals surface area contributed by atoms with E-state index in [-0.39, 0.29) is 18.5 Å². The summed E-state index contributed by atoms with van der Waals surface area (Å²) in [4.78, 5) is 4.28. The molecule has 0 amide bonds. The van der Waals surface area contributed by atoms with Crippen LogP contribution in [0.1, 0.15) is 25.0 Å². The fourth-order valence-electron chi connectivity index (χ4n) is 2.41. The number of aliphatic hydroxyl groups excluding tert-OH is 1. The summed E-state index contributed by atoms with van der Waals surface area (Å²) in [6.07, 6.45) is 3.30. The van der Waals surface area contributed by atoms with Crippen LogP contribution in [0.25, 0.3) is 5.52 Å². The number of anilines is 2. The Morgan fingerprint density at radius 3 is 2.92 bits per heavy atom. The Morgan fingerprint density at radius 1 is 1.35 bits per heavy atom. The molecule has 0 spiro atoms. The van der Waals surface area contributed by atoms with Gasteiger partial charge >= 0.3 is 0 Å². The third-order valence-electron chi connectivity index (χ3n) is 3.54. The van der Waals surface area contributed by atoms with Crippen molar-refractivity contribution in [2.45, 2.75) is 26.5 Å². The van der Waals surface area contributed by atoms with Gasteiger partial charge in [-0.05, 0) is 49.7 Å². The van der Waals surface area contributed by atoms with Crippen LogP contribution >= 0.6 is 0 Å². The van der Waals surface area contributed by atoms with Crippen molar-refractivity contribution in [2.75, 3.05) is 5.32 Å². The lowest BCUT2D eigenvalue weighted by molar-refractivity contribution is 0.282. The van der Waals surface area contributed by atoms with E-state index in [1.165, 1.54) is 6.33 Å². The van der Waals surface area contributed by atoms with Crippen LogP contribution in [0.5, 0.6) is 0 Å². The van der Waals surface area contributed by atoms with Gasteiger partial charge in [0.25, 0.3) is 0 Å². The number of aliphatic hydroxyl groups is 1. The van der Waals surface area contributed by atoms with E-state index in [2.05, 4.69) is 30.7 Å². The number of hydrogen-bond donors (Lipinski definition) is 3. The maximum atomic E-state index is 9.58. The van der Waals surface area contributed by atoms with Crippen LogP contribution in [0.15, 0.2) is 58.2 Å². The molecule has 2 heterocycles. The van der Waals surface area contributed by atoms with E-state index in [0.29, 0.717) is 22.6 Å². The first-order chi connectivity index (χ1) is 12.6. The molecule has 4 N–H and O–H groups in total. The minimum absolute atomic E-state index is 0.0223. The van der Waals surface area contributed by atoms with Crippen molar-refractivity contribution >= 4 is 22.9 Å². The molecule has 0 saturated heterocycles. The number of hydrogen-bond acceptors (Lipinski definition) is 7. The van der Waals surface area contributed by atoms with Gasteiger partial charge in [0.05, 0.1) is 12.6 Å². The van der Waals surface area contributed by atoms with Crippen molar-refractivity contribution in [1.29, 1.82) is 0 Å². The quantitative estimate of drug-likeness (QED) is 0.214. The zero-order chi connectivity index (χ0) is 18.5. The molecule has 1 aromatic carbocycles. The number of nitrogens with zero attached hydrogens (tertiary/aromatic N) is 6. The van der Waals surface area contributed by atoms with Crippen LogP contribution in [0.4, 0.5) is 11.5 Å². The average molecular weight is 352 g/mol. The molecule has 0 fully saturated rings. The molecule has 3 aromatic rings. The van der Waals surface area contributed by atoms with Gasteiger partial charge < -0.3 is 16.3 Å². The molecule has 0 saturated carbocycles. The Labute approximate surface area is 150 Å². The molecule has 134 valence electrons. The van der Waals surface area contributed by atoms with Crippen LogP contribution in [0.2, 0.25) is 0 Å². The zero-order valence-electron chi connectivity index (χ0n) is 14.5. The van der Waals surface area contributed by atoms with Gasteiger partial charge in [0.2, 0.25) is 0 Å². The van der Waals surface area contributed by atoms with E-state index in [4.69, 9.17) is 5.84 Å². The zero-order valence-corrected chi connectivity index (χ0v) is 14.5. The van der Waals surface area contributed by atoms with Gasteiger partial charge in [0.1, 0.15) is 11.8 Å². The molecule has 0 radical (unpaired) electrons. The van der Waals surface area contributed by atoms with Gasteiger partial charge in [-0.1, -0.05) is 0 Å². The number of nitrogens with two attached hydrogens (primary N) is 1. The van der Waals surface area contributed by atoms with Gasteiger partial charge in [-0.2, -0.15) is 15.3 Å². The Hall–Kier alpha value is -3.33. The topological polar surface area (TPSA) is 126 Å². The first kappa shape index (κ1) is 17.5. The SMILES string of the molecule is CC(C)N=NC(=NN)c1cc(CO)cc(Nc2ncnn3cccc23)c1. The highest BCUT2D eigenvalue weighted by Crippen LogP contribution is 2.22. The Morgan fingerprint density at radius 2 is 2.19 bits per heavy atom. The molecule has 9 heteroatoms. The molecular formula is C17H20N8O. The molecule has 3 rings (SSSR count). The number of amidine groups is 1. The summed E-state index contributed by atoms with van der Waals surface area (Å²) < 4.78 is 1.72. The summed E-state index contributed by atoms with van der Waals surface area (Å²) in [6.45, 7) is 3.69. The van der Waals surface area contributed by atoms with E-state index >= 15 is 0 Å². The van der Waals surface area contributed by atoms with Crippen LogP contribution in [-0.2, 0) is 6.61 Å². The summed E-state index contributed by atoms with van der Waals surface area (Å²) in [5.41, 5.74) is 2.88. The van der Waals surface area contributed by atoms with Crippen LogP contribution in [-0.4, -0.2) is 31.6 Å². The lowest BCUT2D eigenvalue weighted by Crippen LogP contribution is -2.05. The maximum absolute atomic E-state index is 9.58. The van der Waals surface area contributed by atoms with Gasteiger partial charge in [-0.25, -0.2) is 9.50 Å². The minimum Gasteiger partial charge on any atom is -0.392 e. The van der Waals surface area contributed by atoms with Crippen LogP contribution in [0, 0.1) is 0 Å². The van der Waals surface area contributed by atoms with Gasteiger partial charge in [-0.15, -0.1) is 5.11 Å². The fraction of sp³-hybridized carbons (Fsp3) is 0.235. The summed E-state index contributed by atoms with van der Waals surface area (Å²) in [5.74, 6) is 6.40. The highest BCUT2D eigenvalue weighted by molar-refractivity contribution is 6.00. The molecule has 0 aliphatic heterocycles. The number of rotatable bonds is 5. The highest BCUT2D eigenvalue weighted by atomic mass is 16.3. The summed E-state index contributed by atoms with van der Waals surface area (Å²) in [5, 5.41) is 28.8. The lowest BCUT2D eigenvalue weighted by atomic mass is 10.1. The average Bonchev–Trinajstić information content (AvgIpc) is 3.11. The maximum Gasteiger partial charge on any atom is 0.200 e. The second-order valence-corrected chi connectivity index (χ2v) is 5.91. The molecule has 0 aliphatic rings. The summed E-state index contributed by atoms with van der Waals surface area (Å²) in [7, 11) is 0. The number of azo groups is 1. The van der Waals surface area contributed by atoms with Crippen molar-refractivity contribution in [3.8, 4) is 0 Å². The third kappa shape index (κ3) is 3.83. The first-order valence-corrected chi connectivity index (χ1v) is 8.10. The highest BCUT2D eigenvalue weighted by Gasteiger charge is 2.10. The van der Waals surface area contributed by atoms with E-state index in [1.54, 1.807) is 10.6 Å². The number of nitrogens with one attached hydrogen (secondary N) is 1. The number of fused-ring (bicyclic) bond motifs is 1. The predicted octanol–water partition coefficient (Wildman–Crippen LogP) is 2.45. The van der Waals surface area contributed by atoms with E-state index < -0.39 is 0 Å². The van der Waals surface area contributed by atoms with Crippen molar-refractivity contribution in [1.82, 2.24) is 14.6 Å². The molecule has 9 nitrogen and oxygen atoms in total. The fourth-order valence-corrected chi connectivity index (χ4v) is 2.41. The molecule has 0 atom stereocenters. The molecule has 0 bridgehead atoms. The third-order valence-corrected chi connectivity index (χ3v) is 3.54. The first-order valence-electron chi connectivity index (χ1n) is 8.10. The van der Waals surface area contributed by atoms with Gasteiger partial charge in [0, 0.05) is 17.4 Å². The minimum atomic E-state index is -0.133. The monoisotopic (exact) mass is 352 g/mol. The number of aromatic nitrogens is 3. The van der Waals surface area contributed by atoms with E-state index in [1.807, 2.05) is 44.3 Å². The van der Waals surface area contributed by atoms with Crippen molar-refractivity contribution in [2.24, 2.45) is 21.2 Å². The number of hydrazone groups is 1. The van der Waals surface area contributed by atoms with Crippen LogP contribution < -0.4 is 11.2 Å². The summed E-state index contributed by atoms with van der Waals surface area (Å²) >= 11 is 0. The molecule has 0 aliphatic carbocycles. The van der Waals surface area contributed by atoms with Crippen molar-refractivity contribution < 1.29 is 5.11 Å². The standard InChI is InChI=1S/C17H20N8O/c1-11(2)23-24-16(22-18)13-6-12(9-26)7-14(8-13)21-17-15-4-3-5-25(15)20-10-19-17/h3-8,10-11,26H,9,18H2,1-2H3,(H,19,20,21). The Balaban J connectivity index is 1.99. The second kappa shape index (κ2) is 7.70. The normalized spacial score (nSPS) is 12.4. The number of benzene rings is 1. The van der Waals surface area contributed by atoms with E-state index in [0.717, 1.165) is 5.52 Å². The van der Waals surface area contributed by atoms with Gasteiger partial charge in [-0.3, -0.25) is 0 Å². The molecule has 26 heavy (non-hydrogen) atoms. The Bertz CT molecular complexity index is 960. The van der Waals surface area contributed by atoms with Gasteiger partial charge in [0.15, 0.2) is 11.7 Å². The Kier molecular flexibility index (Phi) is 5.18. The lowest BCUT2D eigenvalue weighted by Gasteiger charge is -2.11. The van der Waals surface area contributed by atoms with Crippen molar-refractivity contribution in [3.05, 3.63) is 54.0 Å². The predicted molar refractivity (Wildman–Crippen MR) is 99.4 cm³/mol. The smallest absolute Gasteiger partial charge is 0.200 e. The largest absolute Gasteiger partial charge is 0.392 e. The van der Waals surface area contributed by atoms with Crippen LogP contribution in [0.3, 0.4) is 0 Å². The molecular weight excluding hydrogens is 332 g/mol. The molecule has 2 aromatic heterocycles. The summed E-state index contributed by atoms with van der Waals surface area (Å²) in [6, 6.07) is 9.22. The molecule has 0 unspecified atom stereocenters. The van der Waals surface area contributed by atoms with E-state index in [9.17, 15) is 5.11 Å². The van der Waals surface area contributed by atoms with Crippen molar-refractivity contribution in [3.63, 3.8) is 0 Å².